The van der Waals surface area contributed by atoms with Gasteiger partial charge >= 0.3 is 5.97 Å². The summed E-state index contributed by atoms with van der Waals surface area (Å²) < 4.78 is 5.13. The molecule has 1 aliphatic rings. The summed E-state index contributed by atoms with van der Waals surface area (Å²) in [5.41, 5.74) is 2.45. The molecule has 1 heterocycles. The van der Waals surface area contributed by atoms with Gasteiger partial charge in [0.25, 0.3) is 0 Å². The fraction of sp³-hybridized carbons (Fsp3) is 0.235. The first kappa shape index (κ1) is 13.3. The molecule has 0 bridgehead atoms. The number of esters is 1. The van der Waals surface area contributed by atoms with Crippen LogP contribution in [-0.2, 0) is 9.53 Å². The first-order chi connectivity index (χ1) is 9.79. The molecule has 0 aromatic heterocycles. The van der Waals surface area contributed by atoms with Crippen LogP contribution in [0.1, 0.15) is 30.4 Å². The lowest BCUT2D eigenvalue weighted by molar-refractivity contribution is -0.143. The van der Waals surface area contributed by atoms with Gasteiger partial charge in [-0.3, -0.25) is 4.79 Å². The molecule has 0 spiro atoms. The molecule has 0 radical (unpaired) electrons. The van der Waals surface area contributed by atoms with E-state index in [-0.39, 0.29) is 11.9 Å². The summed E-state index contributed by atoms with van der Waals surface area (Å²) in [5.74, 6) is -0.0308. The van der Waals surface area contributed by atoms with Gasteiger partial charge in [-0.2, -0.15) is 0 Å². The van der Waals surface area contributed by atoms with Gasteiger partial charge in [-0.25, -0.2) is 0 Å². The Morgan fingerprint density at radius 2 is 1.60 bits per heavy atom. The largest absolute Gasteiger partial charge is 0.466 e. The molecular weight excluding hydrogens is 268 g/mol. The number of carbonyl (C=O) groups is 1. The van der Waals surface area contributed by atoms with Crippen molar-refractivity contribution < 1.29 is 9.53 Å². The summed E-state index contributed by atoms with van der Waals surface area (Å²) in [6.07, 6.45) is 0.405. The van der Waals surface area contributed by atoms with E-state index < -0.39 is 0 Å². The third-order valence-electron chi connectivity index (χ3n) is 3.48. The second kappa shape index (κ2) is 5.71. The topological polar surface area (TPSA) is 26.3 Å². The number of hydrogen-bond donors (Lipinski definition) is 0. The standard InChI is InChI=1S/C17H16O2S/c1-2-19-17(18)11-14-12-7-3-5-9-15(12)20-16-10-6-4-8-13(14)16/h3-10,14H,2,11H2,1H3. The van der Waals surface area contributed by atoms with Crippen LogP contribution in [0.4, 0.5) is 0 Å². The van der Waals surface area contributed by atoms with Crippen LogP contribution in [0, 0.1) is 0 Å². The molecule has 0 saturated heterocycles. The predicted octanol–water partition coefficient (Wildman–Crippen LogP) is 4.24. The minimum atomic E-state index is -0.131. The molecule has 20 heavy (non-hydrogen) atoms. The Morgan fingerprint density at radius 1 is 1.05 bits per heavy atom. The van der Waals surface area contributed by atoms with E-state index in [1.807, 2.05) is 31.2 Å². The van der Waals surface area contributed by atoms with Gasteiger partial charge in [-0.05, 0) is 30.2 Å². The second-order valence-electron chi connectivity index (χ2n) is 4.74. The molecule has 0 N–H and O–H groups in total. The lowest BCUT2D eigenvalue weighted by atomic mass is 9.88. The first-order valence-corrected chi connectivity index (χ1v) is 7.62. The molecule has 0 amide bonds. The quantitative estimate of drug-likeness (QED) is 0.789. The van der Waals surface area contributed by atoms with Crippen LogP contribution in [0.5, 0.6) is 0 Å². The molecule has 0 unspecified atom stereocenters. The average molecular weight is 284 g/mol. The first-order valence-electron chi connectivity index (χ1n) is 6.81. The summed E-state index contributed by atoms with van der Waals surface area (Å²) in [5, 5.41) is 0. The van der Waals surface area contributed by atoms with Crippen molar-refractivity contribution in [1.82, 2.24) is 0 Å². The Labute approximate surface area is 123 Å². The Kier molecular flexibility index (Phi) is 3.79. The van der Waals surface area contributed by atoms with Gasteiger partial charge in [-0.1, -0.05) is 48.2 Å². The fourth-order valence-corrected chi connectivity index (χ4v) is 3.80. The van der Waals surface area contributed by atoms with Crippen LogP contribution >= 0.6 is 11.8 Å². The van der Waals surface area contributed by atoms with E-state index >= 15 is 0 Å². The van der Waals surface area contributed by atoms with Crippen LogP contribution in [0.25, 0.3) is 0 Å². The van der Waals surface area contributed by atoms with Crippen molar-refractivity contribution >= 4 is 17.7 Å². The van der Waals surface area contributed by atoms with Crippen LogP contribution < -0.4 is 0 Å². The zero-order valence-corrected chi connectivity index (χ0v) is 12.2. The number of rotatable bonds is 3. The molecule has 0 atom stereocenters. The van der Waals surface area contributed by atoms with E-state index in [1.165, 1.54) is 20.9 Å². The second-order valence-corrected chi connectivity index (χ2v) is 5.82. The maximum Gasteiger partial charge on any atom is 0.306 e. The Morgan fingerprint density at radius 3 is 2.15 bits per heavy atom. The van der Waals surface area contributed by atoms with Gasteiger partial charge < -0.3 is 4.74 Å². The third kappa shape index (κ3) is 2.46. The van der Waals surface area contributed by atoms with Crippen molar-refractivity contribution in [3.05, 3.63) is 59.7 Å². The molecular formula is C17H16O2S. The summed E-state index contributed by atoms with van der Waals surface area (Å²) >= 11 is 1.77. The van der Waals surface area contributed by atoms with Gasteiger partial charge in [0.15, 0.2) is 0 Å². The highest BCUT2D eigenvalue weighted by Crippen LogP contribution is 2.46. The molecule has 2 aromatic carbocycles. The number of fused-ring (bicyclic) bond motifs is 2. The van der Waals surface area contributed by atoms with Crippen molar-refractivity contribution in [3.8, 4) is 0 Å². The van der Waals surface area contributed by atoms with Crippen molar-refractivity contribution in [2.24, 2.45) is 0 Å². The van der Waals surface area contributed by atoms with Gasteiger partial charge in [-0.15, -0.1) is 0 Å². The number of benzene rings is 2. The highest BCUT2D eigenvalue weighted by Gasteiger charge is 2.27. The van der Waals surface area contributed by atoms with Crippen LogP contribution in [0.3, 0.4) is 0 Å². The molecule has 102 valence electrons. The lowest BCUT2D eigenvalue weighted by Crippen LogP contribution is -2.15. The summed E-state index contributed by atoms with van der Waals surface area (Å²) in [6, 6.07) is 16.6. The van der Waals surface area contributed by atoms with Crippen LogP contribution in [0.15, 0.2) is 58.3 Å². The third-order valence-corrected chi connectivity index (χ3v) is 4.67. The predicted molar refractivity (Wildman–Crippen MR) is 80.1 cm³/mol. The SMILES string of the molecule is CCOC(=O)CC1c2ccccc2Sc2ccccc21. The number of hydrogen-bond acceptors (Lipinski definition) is 3. The monoisotopic (exact) mass is 284 g/mol. The molecule has 2 nitrogen and oxygen atoms in total. The number of ether oxygens (including phenoxy) is 1. The summed E-state index contributed by atoms with van der Waals surface area (Å²) in [4.78, 5) is 14.4. The molecule has 2 aromatic rings. The van der Waals surface area contributed by atoms with Gasteiger partial charge in [0, 0.05) is 15.7 Å². The molecule has 3 rings (SSSR count). The minimum absolute atomic E-state index is 0.0997. The normalized spacial score (nSPS) is 13.4. The van der Waals surface area contributed by atoms with Crippen molar-refractivity contribution in [1.29, 1.82) is 0 Å². The maximum atomic E-state index is 11.9. The molecule has 0 aliphatic carbocycles. The van der Waals surface area contributed by atoms with Crippen molar-refractivity contribution in [2.45, 2.75) is 29.1 Å². The molecule has 3 heteroatoms. The Balaban J connectivity index is 2.01. The van der Waals surface area contributed by atoms with Gasteiger partial charge in [0.1, 0.15) is 0 Å². The van der Waals surface area contributed by atoms with E-state index in [0.717, 1.165) is 0 Å². The van der Waals surface area contributed by atoms with Gasteiger partial charge in [0.05, 0.1) is 13.0 Å². The zero-order valence-electron chi connectivity index (χ0n) is 11.3. The van der Waals surface area contributed by atoms with E-state index in [0.29, 0.717) is 13.0 Å². The Hall–Kier alpha value is -1.74. The average Bonchev–Trinajstić information content (AvgIpc) is 2.47. The highest BCUT2D eigenvalue weighted by atomic mass is 32.2. The highest BCUT2D eigenvalue weighted by molar-refractivity contribution is 7.99. The van der Waals surface area contributed by atoms with Crippen molar-refractivity contribution in [3.63, 3.8) is 0 Å². The minimum Gasteiger partial charge on any atom is -0.466 e. The van der Waals surface area contributed by atoms with E-state index in [9.17, 15) is 4.79 Å². The van der Waals surface area contributed by atoms with E-state index in [2.05, 4.69) is 24.3 Å². The van der Waals surface area contributed by atoms with E-state index in [1.54, 1.807) is 11.8 Å². The smallest absolute Gasteiger partial charge is 0.306 e. The molecule has 1 aliphatic heterocycles. The van der Waals surface area contributed by atoms with E-state index in [4.69, 9.17) is 4.74 Å². The number of carbonyl (C=O) groups excluding carboxylic acids is 1. The summed E-state index contributed by atoms with van der Waals surface area (Å²) in [7, 11) is 0. The summed E-state index contributed by atoms with van der Waals surface area (Å²) in [6.45, 7) is 2.28. The van der Waals surface area contributed by atoms with Crippen LogP contribution in [0.2, 0.25) is 0 Å². The molecule has 0 fully saturated rings. The maximum absolute atomic E-state index is 11.9. The zero-order chi connectivity index (χ0) is 13.9. The lowest BCUT2D eigenvalue weighted by Gasteiger charge is -2.27. The van der Waals surface area contributed by atoms with Crippen LogP contribution in [-0.4, -0.2) is 12.6 Å². The van der Waals surface area contributed by atoms with Gasteiger partial charge in [0.2, 0.25) is 0 Å². The fourth-order valence-electron chi connectivity index (χ4n) is 2.62. The van der Waals surface area contributed by atoms with Crippen molar-refractivity contribution in [2.75, 3.05) is 6.61 Å². The molecule has 0 saturated carbocycles. The Bertz CT molecular complexity index is 591.